The van der Waals surface area contributed by atoms with Crippen LogP contribution in [-0.2, 0) is 15.8 Å². The van der Waals surface area contributed by atoms with Crippen LogP contribution in [0.1, 0.15) is 46.9 Å². The maximum Gasteiger partial charge on any atom is 0.251 e. The number of aliphatic hydroxyl groups is 1. The van der Waals surface area contributed by atoms with Crippen LogP contribution in [0.3, 0.4) is 0 Å². The van der Waals surface area contributed by atoms with Crippen LogP contribution in [0, 0.1) is 30.3 Å². The van der Waals surface area contributed by atoms with Gasteiger partial charge in [0.15, 0.2) is 17.5 Å². The van der Waals surface area contributed by atoms with E-state index in [1.54, 1.807) is 12.3 Å². The maximum atomic E-state index is 15.0. The van der Waals surface area contributed by atoms with Crippen LogP contribution in [0.5, 0.6) is 5.75 Å². The number of carbonyl (C=O) groups is 2. The van der Waals surface area contributed by atoms with Gasteiger partial charge in [0.1, 0.15) is 29.1 Å². The van der Waals surface area contributed by atoms with Gasteiger partial charge < -0.3 is 20.9 Å². The monoisotopic (exact) mass is 610 g/mol. The summed E-state index contributed by atoms with van der Waals surface area (Å²) in [6.45, 7) is 2.87. The largest absolute Gasteiger partial charge is 0.489 e. The molecule has 43 heavy (non-hydrogen) atoms. The lowest BCUT2D eigenvalue weighted by Gasteiger charge is -2.30. The van der Waals surface area contributed by atoms with E-state index in [2.05, 4.69) is 15.3 Å². The lowest BCUT2D eigenvalue weighted by Crippen LogP contribution is -2.44. The number of aromatic nitrogens is 2. The molecule has 1 unspecified atom stereocenters. The Morgan fingerprint density at radius 3 is 2.63 bits per heavy atom. The second-order valence-corrected chi connectivity index (χ2v) is 11.8. The average molecular weight is 611 g/mol. The number of nitrogens with two attached hydrogens (primary N) is 1. The SMILES string of the molecule is Cc1cnc2c(Cl)cc(C(=O)NCC(O)(c3cc4c(c(-c5ccc(F)c(F)c5F)n3)OC[C@]4(C)C(N)=O)C3CC3)cc2c1. The van der Waals surface area contributed by atoms with E-state index in [0.29, 0.717) is 23.7 Å². The summed E-state index contributed by atoms with van der Waals surface area (Å²) in [5.74, 6) is -6.28. The summed E-state index contributed by atoms with van der Waals surface area (Å²) in [6, 6.07) is 8.15. The molecule has 12 heteroatoms. The molecular formula is C31H26ClF3N4O4. The number of hydrogen-bond acceptors (Lipinski definition) is 6. The number of nitrogens with zero attached hydrogens (tertiary/aromatic N) is 2. The van der Waals surface area contributed by atoms with Crippen LogP contribution < -0.4 is 15.8 Å². The third kappa shape index (κ3) is 4.76. The van der Waals surface area contributed by atoms with Gasteiger partial charge in [0.25, 0.3) is 5.91 Å². The Bertz CT molecular complexity index is 1850. The number of benzene rings is 2. The first kappa shape index (κ1) is 28.9. The first-order valence-electron chi connectivity index (χ1n) is 13.5. The topological polar surface area (TPSA) is 127 Å². The van der Waals surface area contributed by atoms with Crippen molar-refractivity contribution in [3.8, 4) is 17.0 Å². The van der Waals surface area contributed by atoms with Crippen LogP contribution in [0.15, 0.2) is 42.6 Å². The van der Waals surface area contributed by atoms with E-state index in [4.69, 9.17) is 22.1 Å². The highest BCUT2D eigenvalue weighted by atomic mass is 35.5. The molecule has 2 amide bonds. The molecule has 8 nitrogen and oxygen atoms in total. The first-order valence-corrected chi connectivity index (χ1v) is 13.9. The molecule has 2 aromatic carbocycles. The molecule has 1 saturated carbocycles. The molecule has 3 heterocycles. The van der Waals surface area contributed by atoms with Crippen LogP contribution in [0.4, 0.5) is 13.2 Å². The van der Waals surface area contributed by atoms with E-state index < -0.39 is 45.8 Å². The standard InChI is InChI=1S/C31H26ClF3N4O4/c1-14-7-15-8-16(9-20(32)25(15)37-11-14)28(40)38-12-31(42,17-3-4-17)22-10-19-27(43-13-30(19,2)29(36)41)26(39-22)18-5-6-21(33)24(35)23(18)34/h5-11,17,42H,3-4,12-13H2,1-2H3,(H2,36,41)(H,38,40)/t30-,31?/m0/s1. The Labute approximate surface area is 249 Å². The number of halogens is 4. The highest BCUT2D eigenvalue weighted by Crippen LogP contribution is 2.50. The molecule has 2 aromatic heterocycles. The molecule has 2 atom stereocenters. The van der Waals surface area contributed by atoms with Crippen molar-refractivity contribution in [1.82, 2.24) is 15.3 Å². The number of aryl methyl sites for hydroxylation is 1. The maximum absolute atomic E-state index is 15.0. The van der Waals surface area contributed by atoms with Crippen molar-refractivity contribution in [3.63, 3.8) is 0 Å². The Hall–Kier alpha value is -4.22. The van der Waals surface area contributed by atoms with Gasteiger partial charge in [0.2, 0.25) is 5.91 Å². The Morgan fingerprint density at radius 2 is 1.93 bits per heavy atom. The number of primary amides is 1. The third-order valence-electron chi connectivity index (χ3n) is 8.26. The summed E-state index contributed by atoms with van der Waals surface area (Å²) < 4.78 is 48.9. The summed E-state index contributed by atoms with van der Waals surface area (Å²) in [5.41, 5.74) is 3.73. The summed E-state index contributed by atoms with van der Waals surface area (Å²) in [6.07, 6.45) is 2.86. The van der Waals surface area contributed by atoms with Crippen LogP contribution >= 0.6 is 11.6 Å². The molecule has 1 aliphatic heterocycles. The van der Waals surface area contributed by atoms with Crippen molar-refractivity contribution in [2.45, 2.75) is 37.7 Å². The predicted molar refractivity (Wildman–Crippen MR) is 152 cm³/mol. The van der Waals surface area contributed by atoms with Crippen molar-refractivity contribution in [3.05, 3.63) is 87.5 Å². The van der Waals surface area contributed by atoms with Crippen molar-refractivity contribution in [2.24, 2.45) is 11.7 Å². The van der Waals surface area contributed by atoms with Gasteiger partial charge in [-0.25, -0.2) is 18.2 Å². The van der Waals surface area contributed by atoms with Gasteiger partial charge in [-0.3, -0.25) is 14.6 Å². The smallest absolute Gasteiger partial charge is 0.251 e. The highest BCUT2D eigenvalue weighted by Gasteiger charge is 2.50. The van der Waals surface area contributed by atoms with Gasteiger partial charge in [0, 0.05) is 28.3 Å². The first-order chi connectivity index (χ1) is 20.3. The van der Waals surface area contributed by atoms with E-state index in [-0.39, 0.29) is 52.4 Å². The second-order valence-electron chi connectivity index (χ2n) is 11.4. The zero-order valence-electron chi connectivity index (χ0n) is 23.1. The number of carbonyl (C=O) groups excluding carboxylic acids is 2. The fraction of sp³-hybridized carbons (Fsp3) is 0.290. The van der Waals surface area contributed by atoms with Crippen LogP contribution in [-0.4, -0.2) is 40.0 Å². The molecule has 1 aliphatic carbocycles. The van der Waals surface area contributed by atoms with Crippen molar-refractivity contribution in [1.29, 1.82) is 0 Å². The number of pyridine rings is 2. The number of fused-ring (bicyclic) bond motifs is 2. The Kier molecular flexibility index (Phi) is 6.85. The van der Waals surface area contributed by atoms with Gasteiger partial charge in [0.05, 0.1) is 22.8 Å². The zero-order chi connectivity index (χ0) is 30.8. The van der Waals surface area contributed by atoms with E-state index >= 15 is 4.39 Å². The normalized spacial score (nSPS) is 19.0. The predicted octanol–water partition coefficient (Wildman–Crippen LogP) is 4.84. The summed E-state index contributed by atoms with van der Waals surface area (Å²) >= 11 is 6.39. The lowest BCUT2D eigenvalue weighted by atomic mass is 9.81. The quantitative estimate of drug-likeness (QED) is 0.257. The van der Waals surface area contributed by atoms with Gasteiger partial charge in [-0.05, 0) is 74.6 Å². The molecular weight excluding hydrogens is 585 g/mol. The fourth-order valence-electron chi connectivity index (χ4n) is 5.47. The molecule has 6 rings (SSSR count). The molecule has 4 N–H and O–H groups in total. The summed E-state index contributed by atoms with van der Waals surface area (Å²) in [4.78, 5) is 34.6. The molecule has 0 bridgehead atoms. The van der Waals surface area contributed by atoms with E-state index in [1.807, 2.05) is 13.0 Å². The highest BCUT2D eigenvalue weighted by molar-refractivity contribution is 6.35. The molecule has 4 aromatic rings. The minimum Gasteiger partial charge on any atom is -0.489 e. The molecule has 0 spiro atoms. The van der Waals surface area contributed by atoms with Crippen LogP contribution in [0.2, 0.25) is 5.02 Å². The van der Waals surface area contributed by atoms with E-state index in [0.717, 1.165) is 17.7 Å². The van der Waals surface area contributed by atoms with Gasteiger partial charge in [-0.15, -0.1) is 0 Å². The summed E-state index contributed by atoms with van der Waals surface area (Å²) in [5, 5.41) is 15.8. The summed E-state index contributed by atoms with van der Waals surface area (Å²) in [7, 11) is 0. The number of nitrogens with one attached hydrogen (secondary N) is 1. The molecule has 0 saturated heterocycles. The number of rotatable bonds is 7. The molecule has 2 aliphatic rings. The van der Waals surface area contributed by atoms with Crippen molar-refractivity contribution >= 4 is 34.3 Å². The Balaban J connectivity index is 1.42. The fourth-order valence-corrected chi connectivity index (χ4v) is 5.74. The lowest BCUT2D eigenvalue weighted by molar-refractivity contribution is -0.123. The molecule has 0 radical (unpaired) electrons. The van der Waals surface area contributed by atoms with Crippen LogP contribution in [0.25, 0.3) is 22.2 Å². The number of ether oxygens (including phenoxy) is 1. The Morgan fingerprint density at radius 1 is 1.19 bits per heavy atom. The third-order valence-corrected chi connectivity index (χ3v) is 8.55. The van der Waals surface area contributed by atoms with Crippen molar-refractivity contribution < 1.29 is 32.6 Å². The number of hydrogen-bond donors (Lipinski definition) is 3. The number of amides is 2. The minimum absolute atomic E-state index is 0.0115. The van der Waals surface area contributed by atoms with Crippen molar-refractivity contribution in [2.75, 3.05) is 13.2 Å². The van der Waals surface area contributed by atoms with Gasteiger partial charge >= 0.3 is 0 Å². The van der Waals surface area contributed by atoms with Gasteiger partial charge in [-0.2, -0.15) is 0 Å². The van der Waals surface area contributed by atoms with E-state index in [1.165, 1.54) is 19.1 Å². The molecule has 222 valence electrons. The molecule has 1 fully saturated rings. The van der Waals surface area contributed by atoms with Gasteiger partial charge in [-0.1, -0.05) is 11.6 Å². The second kappa shape index (κ2) is 10.2. The minimum atomic E-state index is -1.78. The zero-order valence-corrected chi connectivity index (χ0v) is 23.9. The average Bonchev–Trinajstić information content (AvgIpc) is 3.77. The van der Waals surface area contributed by atoms with E-state index in [9.17, 15) is 23.5 Å².